The minimum atomic E-state index is -0.190. The van der Waals surface area contributed by atoms with Crippen LogP contribution < -0.4 is 20.7 Å². The summed E-state index contributed by atoms with van der Waals surface area (Å²) in [5.41, 5.74) is 1.91. The van der Waals surface area contributed by atoms with E-state index in [2.05, 4.69) is 22.9 Å². The Morgan fingerprint density at radius 3 is 2.63 bits per heavy atom. The average molecular weight is 369 g/mol. The highest BCUT2D eigenvalue weighted by Gasteiger charge is 2.09. The lowest BCUT2D eigenvalue weighted by Gasteiger charge is -2.13. The molecule has 3 N–H and O–H groups in total. The van der Waals surface area contributed by atoms with Crippen LogP contribution in [0.1, 0.15) is 37.0 Å². The van der Waals surface area contributed by atoms with E-state index in [0.29, 0.717) is 35.8 Å². The summed E-state index contributed by atoms with van der Waals surface area (Å²) < 4.78 is 5.73. The molecule has 0 aliphatic heterocycles. The van der Waals surface area contributed by atoms with E-state index in [0.717, 1.165) is 12.8 Å². The monoisotopic (exact) mass is 369 g/mol. The number of amides is 2. The second-order valence-corrected chi connectivity index (χ2v) is 6.04. The van der Waals surface area contributed by atoms with Crippen molar-refractivity contribution in [1.82, 2.24) is 5.32 Å². The van der Waals surface area contributed by atoms with Gasteiger partial charge in [0.2, 0.25) is 5.91 Å². The van der Waals surface area contributed by atoms with E-state index in [1.807, 2.05) is 37.3 Å². The molecule has 0 aliphatic carbocycles. The van der Waals surface area contributed by atoms with Crippen LogP contribution in [0.5, 0.6) is 5.75 Å². The van der Waals surface area contributed by atoms with E-state index >= 15 is 0 Å². The molecule has 27 heavy (non-hydrogen) atoms. The van der Waals surface area contributed by atoms with Gasteiger partial charge < -0.3 is 20.7 Å². The van der Waals surface area contributed by atoms with Gasteiger partial charge in [-0.15, -0.1) is 0 Å². The molecule has 0 fully saturated rings. The summed E-state index contributed by atoms with van der Waals surface area (Å²) in [5, 5.41) is 8.65. The lowest BCUT2D eigenvalue weighted by Crippen LogP contribution is -2.24. The third-order valence-corrected chi connectivity index (χ3v) is 3.83. The Bertz CT molecular complexity index is 762. The number of unbranched alkanes of at least 4 members (excludes halogenated alkanes) is 1. The molecule has 6 nitrogen and oxygen atoms in total. The van der Waals surface area contributed by atoms with Crippen LogP contribution in [0.25, 0.3) is 0 Å². The maximum Gasteiger partial charge on any atom is 0.251 e. The molecule has 0 unspecified atom stereocenters. The van der Waals surface area contributed by atoms with Crippen LogP contribution in [-0.2, 0) is 4.79 Å². The van der Waals surface area contributed by atoms with Crippen molar-refractivity contribution >= 4 is 23.2 Å². The first-order valence-electron chi connectivity index (χ1n) is 9.27. The van der Waals surface area contributed by atoms with Crippen LogP contribution >= 0.6 is 0 Å². The lowest BCUT2D eigenvalue weighted by molar-refractivity contribution is -0.114. The average Bonchev–Trinajstić information content (AvgIpc) is 2.68. The quantitative estimate of drug-likeness (QED) is 0.558. The van der Waals surface area contributed by atoms with E-state index in [9.17, 15) is 9.59 Å². The maximum absolute atomic E-state index is 12.3. The molecule has 0 saturated carbocycles. The number of hydrogen-bond acceptors (Lipinski definition) is 4. The van der Waals surface area contributed by atoms with Crippen LogP contribution in [0.15, 0.2) is 48.5 Å². The van der Waals surface area contributed by atoms with E-state index in [4.69, 9.17) is 4.74 Å². The smallest absolute Gasteiger partial charge is 0.251 e. The van der Waals surface area contributed by atoms with Crippen molar-refractivity contribution in [2.75, 3.05) is 30.3 Å². The molecule has 0 aromatic heterocycles. The number of para-hydroxylation sites is 2. The molecule has 2 rings (SSSR count). The van der Waals surface area contributed by atoms with Crippen LogP contribution in [-0.4, -0.2) is 31.5 Å². The van der Waals surface area contributed by atoms with Gasteiger partial charge in [-0.1, -0.05) is 31.5 Å². The Morgan fingerprint density at radius 2 is 1.85 bits per heavy atom. The second kappa shape index (κ2) is 10.9. The largest absolute Gasteiger partial charge is 0.491 e. The maximum atomic E-state index is 12.3. The summed E-state index contributed by atoms with van der Waals surface area (Å²) >= 11 is 0. The Balaban J connectivity index is 1.91. The molecule has 144 valence electrons. The molecular weight excluding hydrogens is 342 g/mol. The molecule has 0 aliphatic rings. The minimum Gasteiger partial charge on any atom is -0.491 e. The Kier molecular flexibility index (Phi) is 8.16. The lowest BCUT2D eigenvalue weighted by atomic mass is 10.2. The van der Waals surface area contributed by atoms with Gasteiger partial charge in [-0.25, -0.2) is 0 Å². The number of rotatable bonds is 10. The molecule has 2 amide bonds. The third kappa shape index (κ3) is 6.66. The van der Waals surface area contributed by atoms with Gasteiger partial charge in [0.05, 0.1) is 18.8 Å². The fraction of sp³-hybridized carbons (Fsp3) is 0.333. The summed E-state index contributed by atoms with van der Waals surface area (Å²) in [7, 11) is 0. The van der Waals surface area contributed by atoms with Crippen LogP contribution in [0.4, 0.5) is 11.4 Å². The van der Waals surface area contributed by atoms with Gasteiger partial charge in [-0.3, -0.25) is 9.59 Å². The number of hydrogen-bond donors (Lipinski definition) is 3. The number of nitrogens with one attached hydrogen (secondary N) is 3. The Morgan fingerprint density at radius 1 is 1.04 bits per heavy atom. The van der Waals surface area contributed by atoms with E-state index in [-0.39, 0.29) is 18.4 Å². The van der Waals surface area contributed by atoms with Crippen LogP contribution in [0.2, 0.25) is 0 Å². The highest BCUT2D eigenvalue weighted by Crippen LogP contribution is 2.24. The van der Waals surface area contributed by atoms with Gasteiger partial charge in [0, 0.05) is 17.8 Å². The van der Waals surface area contributed by atoms with Crippen molar-refractivity contribution in [3.63, 3.8) is 0 Å². The molecule has 0 spiro atoms. The van der Waals surface area contributed by atoms with Gasteiger partial charge >= 0.3 is 0 Å². The molecule has 6 heteroatoms. The first-order chi connectivity index (χ1) is 13.1. The summed E-state index contributed by atoms with van der Waals surface area (Å²) in [6, 6.07) is 14.4. The topological polar surface area (TPSA) is 79.5 Å². The zero-order valence-electron chi connectivity index (χ0n) is 15.9. The van der Waals surface area contributed by atoms with E-state index in [1.54, 1.807) is 18.2 Å². The van der Waals surface area contributed by atoms with Crippen molar-refractivity contribution in [3.05, 3.63) is 54.1 Å². The number of carbonyl (C=O) groups is 2. The Labute approximate surface area is 160 Å². The fourth-order valence-electron chi connectivity index (χ4n) is 2.43. The van der Waals surface area contributed by atoms with Gasteiger partial charge in [-0.05, 0) is 43.7 Å². The highest BCUT2D eigenvalue weighted by molar-refractivity contribution is 5.96. The van der Waals surface area contributed by atoms with Gasteiger partial charge in [0.25, 0.3) is 5.91 Å². The molecule has 0 radical (unpaired) electrons. The van der Waals surface area contributed by atoms with Crippen LogP contribution in [0, 0.1) is 0 Å². The molecule has 0 heterocycles. The Hall–Kier alpha value is -3.02. The van der Waals surface area contributed by atoms with Gasteiger partial charge in [0.1, 0.15) is 5.75 Å². The predicted molar refractivity (Wildman–Crippen MR) is 108 cm³/mol. The van der Waals surface area contributed by atoms with Crippen molar-refractivity contribution < 1.29 is 14.3 Å². The van der Waals surface area contributed by atoms with Gasteiger partial charge in [-0.2, -0.15) is 0 Å². The molecule has 0 atom stereocenters. The summed E-state index contributed by atoms with van der Waals surface area (Å²) in [6.45, 7) is 5.24. The molecule has 0 bridgehead atoms. The third-order valence-electron chi connectivity index (χ3n) is 3.83. The highest BCUT2D eigenvalue weighted by atomic mass is 16.5. The van der Waals surface area contributed by atoms with Gasteiger partial charge in [0.15, 0.2) is 0 Å². The van der Waals surface area contributed by atoms with Crippen LogP contribution in [0.3, 0.4) is 0 Å². The molecule has 2 aromatic rings. The standard InChI is InChI=1S/C21H27N3O3/c1-3-5-13-27-19-12-7-6-11-18(19)24-20(25)15-23-17-10-8-9-16(14-17)21(26)22-4-2/h6-12,14,23H,3-5,13,15H2,1-2H3,(H,22,26)(H,24,25). The zero-order chi connectivity index (χ0) is 19.5. The summed E-state index contributed by atoms with van der Waals surface area (Å²) in [5.74, 6) is 0.339. The van der Waals surface area contributed by atoms with E-state index < -0.39 is 0 Å². The molecule has 2 aromatic carbocycles. The number of anilines is 2. The van der Waals surface area contributed by atoms with Crippen molar-refractivity contribution in [2.24, 2.45) is 0 Å². The van der Waals surface area contributed by atoms with E-state index in [1.165, 1.54) is 0 Å². The number of benzene rings is 2. The number of carbonyl (C=O) groups excluding carboxylic acids is 2. The zero-order valence-corrected chi connectivity index (χ0v) is 15.9. The SMILES string of the molecule is CCCCOc1ccccc1NC(=O)CNc1cccc(C(=O)NCC)c1. The van der Waals surface area contributed by atoms with Crippen molar-refractivity contribution in [2.45, 2.75) is 26.7 Å². The molecular formula is C21H27N3O3. The normalized spacial score (nSPS) is 10.1. The summed E-state index contributed by atoms with van der Waals surface area (Å²) in [4.78, 5) is 24.2. The van der Waals surface area contributed by atoms with Crippen molar-refractivity contribution in [1.29, 1.82) is 0 Å². The summed E-state index contributed by atoms with van der Waals surface area (Å²) in [6.07, 6.45) is 2.01. The second-order valence-electron chi connectivity index (χ2n) is 6.04. The minimum absolute atomic E-state index is 0.0855. The molecule has 0 saturated heterocycles. The first-order valence-corrected chi connectivity index (χ1v) is 9.27. The predicted octanol–water partition coefficient (Wildman–Crippen LogP) is 3.67. The fourth-order valence-corrected chi connectivity index (χ4v) is 2.43. The van der Waals surface area contributed by atoms with Crippen molar-refractivity contribution in [3.8, 4) is 5.75 Å². The first kappa shape index (κ1) is 20.3. The number of ether oxygens (including phenoxy) is 1.